The van der Waals surface area contributed by atoms with Crippen LogP contribution in [0, 0.1) is 0 Å². The van der Waals surface area contributed by atoms with E-state index in [2.05, 4.69) is 25.9 Å². The summed E-state index contributed by atoms with van der Waals surface area (Å²) in [6.07, 6.45) is -3.98. The maximum atomic E-state index is 13.4. The van der Waals surface area contributed by atoms with Gasteiger partial charge in [0.15, 0.2) is 0 Å². The van der Waals surface area contributed by atoms with Crippen molar-refractivity contribution in [1.29, 1.82) is 0 Å². The van der Waals surface area contributed by atoms with Crippen molar-refractivity contribution >= 4 is 29.3 Å². The van der Waals surface area contributed by atoms with Gasteiger partial charge in [0.05, 0.1) is 0 Å². The van der Waals surface area contributed by atoms with Gasteiger partial charge in [-0.3, -0.25) is 9.59 Å². The summed E-state index contributed by atoms with van der Waals surface area (Å²) in [6.45, 7) is 1.90. The van der Waals surface area contributed by atoms with Crippen molar-refractivity contribution in [2.45, 2.75) is 19.6 Å². The summed E-state index contributed by atoms with van der Waals surface area (Å²) < 4.78 is 40.1. The highest BCUT2D eigenvalue weighted by atomic mass is 19.4. The minimum atomic E-state index is -4.66. The SMILES string of the molecule is CC(=O)NCCNc1nc(Nc2cccc(C(=O)N(C)Cc3ccccc3)c2)ncc1C(F)(F)F. The third-order valence-electron chi connectivity index (χ3n) is 4.86. The fraction of sp³-hybridized carbons (Fsp3) is 0.250. The lowest BCUT2D eigenvalue weighted by Crippen LogP contribution is -2.27. The molecule has 2 amide bonds. The van der Waals surface area contributed by atoms with Gasteiger partial charge >= 0.3 is 6.18 Å². The van der Waals surface area contributed by atoms with E-state index in [1.54, 1.807) is 36.2 Å². The monoisotopic (exact) mass is 486 g/mol. The van der Waals surface area contributed by atoms with Crippen molar-refractivity contribution in [2.75, 3.05) is 30.8 Å². The number of nitrogens with one attached hydrogen (secondary N) is 3. The molecule has 0 bridgehead atoms. The Morgan fingerprint density at radius 1 is 1.03 bits per heavy atom. The van der Waals surface area contributed by atoms with Crippen molar-refractivity contribution in [2.24, 2.45) is 0 Å². The maximum absolute atomic E-state index is 13.4. The molecule has 1 aromatic heterocycles. The average Bonchev–Trinajstić information content (AvgIpc) is 2.81. The number of hydrogen-bond donors (Lipinski definition) is 3. The number of benzene rings is 2. The third-order valence-corrected chi connectivity index (χ3v) is 4.86. The van der Waals surface area contributed by atoms with Gasteiger partial charge < -0.3 is 20.9 Å². The van der Waals surface area contributed by atoms with Gasteiger partial charge in [-0.2, -0.15) is 18.2 Å². The molecule has 8 nitrogen and oxygen atoms in total. The number of rotatable bonds is 9. The second kappa shape index (κ2) is 11.3. The Balaban J connectivity index is 1.74. The van der Waals surface area contributed by atoms with Gasteiger partial charge in [0.1, 0.15) is 11.4 Å². The standard InChI is InChI=1S/C24H25F3N6O2/c1-16(34)28-11-12-29-21-20(24(25,26)27)14-30-23(32-21)31-19-10-6-9-18(13-19)22(35)33(2)15-17-7-4-3-5-8-17/h3-10,13-14H,11-12,15H2,1-2H3,(H,28,34)(H2,29,30,31,32). The van der Waals surface area contributed by atoms with Gasteiger partial charge in [0, 0.05) is 51.1 Å². The molecule has 0 atom stereocenters. The Kier molecular flexibility index (Phi) is 8.24. The molecular weight excluding hydrogens is 461 g/mol. The summed E-state index contributed by atoms with van der Waals surface area (Å²) in [5.41, 5.74) is 0.786. The molecule has 0 radical (unpaired) electrons. The van der Waals surface area contributed by atoms with E-state index in [1.807, 2.05) is 30.3 Å². The molecule has 0 aliphatic carbocycles. The highest BCUT2D eigenvalue weighted by molar-refractivity contribution is 5.95. The van der Waals surface area contributed by atoms with Gasteiger partial charge in [0.25, 0.3) is 5.91 Å². The molecule has 0 unspecified atom stereocenters. The van der Waals surface area contributed by atoms with E-state index in [0.717, 1.165) is 5.56 Å². The zero-order chi connectivity index (χ0) is 25.4. The number of nitrogens with zero attached hydrogens (tertiary/aromatic N) is 3. The zero-order valence-corrected chi connectivity index (χ0v) is 19.2. The molecule has 3 N–H and O–H groups in total. The Bertz CT molecular complexity index is 1170. The molecule has 0 aliphatic heterocycles. The van der Waals surface area contributed by atoms with Crippen LogP contribution in [0.2, 0.25) is 0 Å². The molecule has 0 saturated carbocycles. The number of halogens is 3. The van der Waals surface area contributed by atoms with Crippen molar-refractivity contribution < 1.29 is 22.8 Å². The minimum Gasteiger partial charge on any atom is -0.368 e. The van der Waals surface area contributed by atoms with Crippen LogP contribution in [0.15, 0.2) is 60.8 Å². The van der Waals surface area contributed by atoms with Crippen LogP contribution in [-0.2, 0) is 17.5 Å². The molecule has 3 aromatic rings. The largest absolute Gasteiger partial charge is 0.421 e. The topological polar surface area (TPSA) is 99.2 Å². The molecule has 0 spiro atoms. The van der Waals surface area contributed by atoms with Crippen LogP contribution in [0.3, 0.4) is 0 Å². The molecule has 0 saturated heterocycles. The number of hydrogen-bond acceptors (Lipinski definition) is 6. The number of aromatic nitrogens is 2. The van der Waals surface area contributed by atoms with Gasteiger partial charge in [-0.05, 0) is 23.8 Å². The molecule has 35 heavy (non-hydrogen) atoms. The van der Waals surface area contributed by atoms with Crippen LogP contribution in [0.25, 0.3) is 0 Å². The van der Waals surface area contributed by atoms with Crippen LogP contribution in [-0.4, -0.2) is 46.8 Å². The van der Waals surface area contributed by atoms with Crippen LogP contribution in [0.1, 0.15) is 28.4 Å². The highest BCUT2D eigenvalue weighted by Crippen LogP contribution is 2.34. The van der Waals surface area contributed by atoms with Crippen LogP contribution in [0.4, 0.5) is 30.6 Å². The van der Waals surface area contributed by atoms with Crippen molar-refractivity contribution in [3.8, 4) is 0 Å². The fourth-order valence-corrected chi connectivity index (χ4v) is 3.21. The second-order valence-electron chi connectivity index (χ2n) is 7.72. The summed E-state index contributed by atoms with van der Waals surface area (Å²) >= 11 is 0. The van der Waals surface area contributed by atoms with E-state index in [-0.39, 0.29) is 30.9 Å². The molecular formula is C24H25F3N6O2. The normalized spacial score (nSPS) is 11.0. The Morgan fingerprint density at radius 3 is 2.46 bits per heavy atom. The predicted octanol–water partition coefficient (Wildman–Crippen LogP) is 4.06. The van der Waals surface area contributed by atoms with Crippen LogP contribution < -0.4 is 16.0 Å². The fourth-order valence-electron chi connectivity index (χ4n) is 3.21. The molecule has 11 heteroatoms. The van der Waals surface area contributed by atoms with E-state index >= 15 is 0 Å². The van der Waals surface area contributed by atoms with E-state index < -0.39 is 17.6 Å². The highest BCUT2D eigenvalue weighted by Gasteiger charge is 2.35. The van der Waals surface area contributed by atoms with Gasteiger partial charge in [-0.25, -0.2) is 4.98 Å². The Morgan fingerprint density at radius 2 is 1.77 bits per heavy atom. The summed E-state index contributed by atoms with van der Waals surface area (Å²) in [7, 11) is 1.69. The van der Waals surface area contributed by atoms with E-state index in [9.17, 15) is 22.8 Å². The van der Waals surface area contributed by atoms with Crippen molar-refractivity contribution in [3.63, 3.8) is 0 Å². The lowest BCUT2D eigenvalue weighted by atomic mass is 10.1. The quantitative estimate of drug-likeness (QED) is 0.395. The summed E-state index contributed by atoms with van der Waals surface area (Å²) in [4.78, 5) is 33.1. The van der Waals surface area contributed by atoms with E-state index in [1.165, 1.54) is 6.92 Å². The first kappa shape index (κ1) is 25.5. The molecule has 2 aromatic carbocycles. The summed E-state index contributed by atoms with van der Waals surface area (Å²) in [6, 6.07) is 16.1. The molecule has 1 heterocycles. The summed E-state index contributed by atoms with van der Waals surface area (Å²) in [5.74, 6) is -1.01. The average molecular weight is 486 g/mol. The van der Waals surface area contributed by atoms with E-state index in [0.29, 0.717) is 24.0 Å². The number of carbonyl (C=O) groups excluding carboxylic acids is 2. The molecule has 0 aliphatic rings. The van der Waals surface area contributed by atoms with Crippen LogP contribution >= 0.6 is 0 Å². The lowest BCUT2D eigenvalue weighted by molar-refractivity contribution is -0.137. The number of anilines is 3. The number of carbonyl (C=O) groups is 2. The molecule has 184 valence electrons. The first-order valence-corrected chi connectivity index (χ1v) is 10.7. The zero-order valence-electron chi connectivity index (χ0n) is 19.2. The second-order valence-corrected chi connectivity index (χ2v) is 7.72. The van der Waals surface area contributed by atoms with Gasteiger partial charge in [-0.1, -0.05) is 36.4 Å². The van der Waals surface area contributed by atoms with Crippen molar-refractivity contribution in [3.05, 3.63) is 77.5 Å². The Hall–Kier alpha value is -4.15. The first-order valence-electron chi connectivity index (χ1n) is 10.7. The summed E-state index contributed by atoms with van der Waals surface area (Å²) in [5, 5.41) is 7.92. The first-order chi connectivity index (χ1) is 16.6. The van der Waals surface area contributed by atoms with E-state index in [4.69, 9.17) is 0 Å². The smallest absolute Gasteiger partial charge is 0.368 e. The Labute approximate surface area is 200 Å². The number of amides is 2. The minimum absolute atomic E-state index is 0.0385. The molecule has 3 rings (SSSR count). The van der Waals surface area contributed by atoms with Crippen molar-refractivity contribution in [1.82, 2.24) is 20.2 Å². The van der Waals surface area contributed by atoms with Crippen LogP contribution in [0.5, 0.6) is 0 Å². The van der Waals surface area contributed by atoms with Gasteiger partial charge in [0.2, 0.25) is 11.9 Å². The lowest BCUT2D eigenvalue weighted by Gasteiger charge is -2.18. The predicted molar refractivity (Wildman–Crippen MR) is 126 cm³/mol. The third kappa shape index (κ3) is 7.42. The maximum Gasteiger partial charge on any atom is 0.421 e. The number of alkyl halides is 3. The van der Waals surface area contributed by atoms with Gasteiger partial charge in [-0.15, -0.1) is 0 Å². The molecule has 0 fully saturated rings.